The Bertz CT molecular complexity index is 1040. The molecule has 6 nitrogen and oxygen atoms in total. The molecule has 1 aromatic heterocycles. The van der Waals surface area contributed by atoms with Crippen LogP contribution in [0.2, 0.25) is 0 Å². The van der Waals surface area contributed by atoms with Crippen molar-refractivity contribution >= 4 is 34.8 Å². The molecule has 1 aliphatic carbocycles. The molecule has 0 N–H and O–H groups in total. The molecule has 2 atom stereocenters. The van der Waals surface area contributed by atoms with Crippen LogP contribution in [0.5, 0.6) is 0 Å². The van der Waals surface area contributed by atoms with Gasteiger partial charge in [0.25, 0.3) is 5.22 Å². The van der Waals surface area contributed by atoms with E-state index in [-0.39, 0.29) is 24.2 Å². The van der Waals surface area contributed by atoms with E-state index in [0.717, 1.165) is 11.1 Å². The number of esters is 2. The van der Waals surface area contributed by atoms with E-state index in [9.17, 15) is 9.59 Å². The highest BCUT2D eigenvalue weighted by atomic mass is 32.2. The Hall–Kier alpha value is -3.24. The van der Waals surface area contributed by atoms with Crippen LogP contribution in [-0.2, 0) is 19.1 Å². The number of hydrogen-bond acceptors (Lipinski definition) is 7. The average molecular weight is 393 g/mol. The van der Waals surface area contributed by atoms with Crippen LogP contribution < -0.4 is 0 Å². The first kappa shape index (κ1) is 18.1. The molecule has 2 unspecified atom stereocenters. The second-order valence-electron chi connectivity index (χ2n) is 5.96. The number of rotatable bonds is 4. The number of ether oxygens (including phenoxy) is 2. The average Bonchev–Trinajstić information content (AvgIpc) is 3.12. The van der Waals surface area contributed by atoms with E-state index >= 15 is 0 Å². The van der Waals surface area contributed by atoms with Crippen molar-refractivity contribution in [3.05, 3.63) is 60.2 Å². The molecule has 2 aromatic rings. The van der Waals surface area contributed by atoms with E-state index < -0.39 is 11.9 Å². The van der Waals surface area contributed by atoms with Gasteiger partial charge in [-0.15, -0.1) is 0 Å². The highest BCUT2D eigenvalue weighted by Crippen LogP contribution is 2.25. The number of fused-ring (bicyclic) bond motifs is 2. The summed E-state index contributed by atoms with van der Waals surface area (Å²) in [6, 6.07) is 7.51. The van der Waals surface area contributed by atoms with E-state index in [1.165, 1.54) is 11.8 Å². The maximum absolute atomic E-state index is 12.1. The zero-order chi connectivity index (χ0) is 19.3. The predicted octanol–water partition coefficient (Wildman–Crippen LogP) is 3.06. The minimum absolute atomic E-state index is 0.0937. The van der Waals surface area contributed by atoms with Crippen molar-refractivity contribution in [3.63, 3.8) is 0 Å². The lowest BCUT2D eigenvalue weighted by Crippen LogP contribution is -2.33. The van der Waals surface area contributed by atoms with Gasteiger partial charge in [-0.2, -0.15) is 0 Å². The topological polar surface area (TPSA) is 78.6 Å². The number of thioether (sulfide) groups is 1. The fraction of sp³-hybridized carbons (Fsp3) is 0.190. The third kappa shape index (κ3) is 4.02. The Morgan fingerprint density at radius 3 is 2.96 bits per heavy atom. The molecule has 0 saturated heterocycles. The molecule has 0 fully saturated rings. The van der Waals surface area contributed by atoms with E-state index in [1.54, 1.807) is 18.2 Å². The van der Waals surface area contributed by atoms with Crippen molar-refractivity contribution in [2.45, 2.75) is 11.3 Å². The van der Waals surface area contributed by atoms with E-state index in [4.69, 9.17) is 13.9 Å². The maximum atomic E-state index is 12.1. The number of para-hydroxylation sites is 2. The Morgan fingerprint density at radius 1 is 1.21 bits per heavy atom. The molecule has 2 heterocycles. The van der Waals surface area contributed by atoms with Crippen LogP contribution in [0.1, 0.15) is 0 Å². The monoisotopic (exact) mass is 393 g/mol. The first-order chi connectivity index (χ1) is 13.7. The number of nitrogens with zero attached hydrogens (tertiary/aromatic N) is 1. The quantitative estimate of drug-likeness (QED) is 0.342. The van der Waals surface area contributed by atoms with Crippen molar-refractivity contribution in [2.75, 3.05) is 12.4 Å². The summed E-state index contributed by atoms with van der Waals surface area (Å²) >= 11 is 1.35. The highest BCUT2D eigenvalue weighted by molar-refractivity contribution is 7.99. The third-order valence-corrected chi connectivity index (χ3v) is 4.82. The highest BCUT2D eigenvalue weighted by Gasteiger charge is 2.33. The molecular weight excluding hydrogens is 378 g/mol. The van der Waals surface area contributed by atoms with Gasteiger partial charge in [-0.3, -0.25) is 0 Å². The van der Waals surface area contributed by atoms with Crippen LogP contribution >= 0.6 is 11.8 Å². The van der Waals surface area contributed by atoms with Crippen molar-refractivity contribution in [2.24, 2.45) is 5.92 Å². The van der Waals surface area contributed by atoms with Crippen LogP contribution in [0.3, 0.4) is 0 Å². The van der Waals surface area contributed by atoms with Gasteiger partial charge in [0.1, 0.15) is 17.2 Å². The number of benzene rings is 1. The molecule has 0 saturated carbocycles. The molecule has 28 heavy (non-hydrogen) atoms. The molecule has 140 valence electrons. The van der Waals surface area contributed by atoms with E-state index in [0.29, 0.717) is 11.0 Å². The lowest BCUT2D eigenvalue weighted by Gasteiger charge is -2.26. The lowest BCUT2D eigenvalue weighted by molar-refractivity contribution is -0.150. The second kappa shape index (κ2) is 8.19. The summed E-state index contributed by atoms with van der Waals surface area (Å²) in [5.74, 6) is 4.50. The smallest absolute Gasteiger partial charge is 0.346 e. The Kier molecular flexibility index (Phi) is 5.31. The minimum Gasteiger partial charge on any atom is -0.453 e. The molecule has 4 rings (SSSR count). The summed E-state index contributed by atoms with van der Waals surface area (Å²) in [5.41, 5.74) is 1.43. The van der Waals surface area contributed by atoms with Gasteiger partial charge in [0, 0.05) is 5.92 Å². The lowest BCUT2D eigenvalue weighted by atomic mass is 9.93. The summed E-state index contributed by atoms with van der Waals surface area (Å²) in [4.78, 5) is 28.4. The standard InChI is InChI=1S/C21H15NO5S/c23-19(15-13-14-7-1-3-9-17(14)26-20(15)24)25-11-5-6-12-28-21-22-16-8-2-4-10-18(16)27-21/h1-4,7-10,13-14,17H,11-12H2. The van der Waals surface area contributed by atoms with Crippen molar-refractivity contribution in [1.29, 1.82) is 0 Å². The van der Waals surface area contributed by atoms with E-state index in [2.05, 4.69) is 16.8 Å². The molecule has 0 amide bonds. The summed E-state index contributed by atoms with van der Waals surface area (Å²) in [7, 11) is 0. The first-order valence-electron chi connectivity index (χ1n) is 8.60. The molecule has 1 aromatic carbocycles. The Balaban J connectivity index is 1.26. The van der Waals surface area contributed by atoms with Crippen molar-refractivity contribution < 1.29 is 23.5 Å². The van der Waals surface area contributed by atoms with Crippen molar-refractivity contribution in [3.8, 4) is 11.8 Å². The number of allylic oxidation sites excluding steroid dienone is 2. The zero-order valence-electron chi connectivity index (χ0n) is 14.7. The molecule has 0 radical (unpaired) electrons. The number of carbonyl (C=O) groups is 2. The van der Waals surface area contributed by atoms with Gasteiger partial charge in [0.15, 0.2) is 12.2 Å². The van der Waals surface area contributed by atoms with Crippen LogP contribution in [0.15, 0.2) is 69.9 Å². The number of oxazole rings is 1. The second-order valence-corrected chi connectivity index (χ2v) is 6.89. The summed E-state index contributed by atoms with van der Waals surface area (Å²) in [6.45, 7) is -0.110. The summed E-state index contributed by atoms with van der Waals surface area (Å²) < 4.78 is 15.9. The molecular formula is C21H15NO5S. The minimum atomic E-state index is -0.729. The summed E-state index contributed by atoms with van der Waals surface area (Å²) in [6.07, 6.45) is 8.52. The fourth-order valence-electron chi connectivity index (χ4n) is 2.76. The third-order valence-electron chi connectivity index (χ3n) is 4.11. The normalized spacial score (nSPS) is 20.0. The molecule has 2 aliphatic rings. The van der Waals surface area contributed by atoms with Gasteiger partial charge in [-0.05, 0) is 18.2 Å². The Morgan fingerprint density at radius 2 is 2.07 bits per heavy atom. The van der Waals surface area contributed by atoms with Gasteiger partial charge in [-0.25, -0.2) is 14.6 Å². The van der Waals surface area contributed by atoms with Gasteiger partial charge in [-0.1, -0.05) is 60.0 Å². The molecule has 0 bridgehead atoms. The number of hydrogen-bond donors (Lipinski definition) is 0. The first-order valence-corrected chi connectivity index (χ1v) is 9.58. The maximum Gasteiger partial charge on any atom is 0.346 e. The van der Waals surface area contributed by atoms with Gasteiger partial charge in [0.05, 0.1) is 5.75 Å². The van der Waals surface area contributed by atoms with Gasteiger partial charge >= 0.3 is 11.9 Å². The molecule has 7 heteroatoms. The Labute approximate surface area is 165 Å². The largest absolute Gasteiger partial charge is 0.453 e. The zero-order valence-corrected chi connectivity index (χ0v) is 15.5. The van der Waals surface area contributed by atoms with Crippen LogP contribution in [0.4, 0.5) is 0 Å². The van der Waals surface area contributed by atoms with Crippen LogP contribution in [-0.4, -0.2) is 35.4 Å². The summed E-state index contributed by atoms with van der Waals surface area (Å²) in [5, 5.41) is 0.534. The van der Waals surface area contributed by atoms with E-state index in [1.807, 2.05) is 36.4 Å². The molecule has 0 spiro atoms. The fourth-order valence-corrected chi connectivity index (χ4v) is 3.37. The van der Waals surface area contributed by atoms with Gasteiger partial charge < -0.3 is 13.9 Å². The number of aromatic nitrogens is 1. The van der Waals surface area contributed by atoms with Crippen LogP contribution in [0.25, 0.3) is 11.1 Å². The van der Waals surface area contributed by atoms with Crippen molar-refractivity contribution in [1.82, 2.24) is 4.98 Å². The molecule has 1 aliphatic heterocycles. The van der Waals surface area contributed by atoms with Crippen LogP contribution in [0, 0.1) is 17.8 Å². The van der Waals surface area contributed by atoms with Gasteiger partial charge in [0.2, 0.25) is 0 Å². The SMILES string of the molecule is O=C(OCC#CCSc1nc2ccccc2o1)C1=CC2C=CC=CC2OC1=O. The number of carbonyl (C=O) groups excluding carboxylic acids is 2. The predicted molar refractivity (Wildman–Crippen MR) is 103 cm³/mol.